The van der Waals surface area contributed by atoms with Gasteiger partial charge in [0.05, 0.1) is 16.7 Å². The van der Waals surface area contributed by atoms with Gasteiger partial charge in [0.25, 0.3) is 11.5 Å². The highest BCUT2D eigenvalue weighted by Gasteiger charge is 2.14. The fourth-order valence-electron chi connectivity index (χ4n) is 2.67. The normalized spacial score (nSPS) is 10.8. The van der Waals surface area contributed by atoms with Crippen LogP contribution < -0.4 is 16.4 Å². The number of aromatic nitrogens is 2. The Morgan fingerprint density at radius 3 is 2.60 bits per heavy atom. The van der Waals surface area contributed by atoms with E-state index in [0.717, 1.165) is 22.7 Å². The van der Waals surface area contributed by atoms with E-state index in [-0.39, 0.29) is 11.3 Å². The van der Waals surface area contributed by atoms with Crippen molar-refractivity contribution < 1.29 is 9.59 Å². The van der Waals surface area contributed by atoms with Gasteiger partial charge in [-0.25, -0.2) is 4.98 Å². The van der Waals surface area contributed by atoms with Crippen LogP contribution in [-0.4, -0.2) is 27.1 Å². The quantitative estimate of drug-likeness (QED) is 0.300. The zero-order chi connectivity index (χ0) is 21.7. The molecule has 2 aromatic carbocycles. The highest BCUT2D eigenvalue weighted by molar-refractivity contribution is 9.10. The fourth-order valence-corrected chi connectivity index (χ4v) is 3.93. The summed E-state index contributed by atoms with van der Waals surface area (Å²) in [5.41, 5.74) is 5.46. The number of carbonyl (C=O) groups excluding carboxylic acids is 2. The van der Waals surface area contributed by atoms with Gasteiger partial charge >= 0.3 is 0 Å². The van der Waals surface area contributed by atoms with E-state index in [1.807, 2.05) is 6.92 Å². The summed E-state index contributed by atoms with van der Waals surface area (Å²) in [5, 5.41) is 1.38. The molecule has 10 heteroatoms. The number of fused-ring (bicyclic) bond motifs is 1. The predicted octanol–water partition coefficient (Wildman–Crippen LogP) is 3.78. The molecule has 0 bridgehead atoms. The van der Waals surface area contributed by atoms with Gasteiger partial charge in [0, 0.05) is 21.6 Å². The van der Waals surface area contributed by atoms with Crippen molar-refractivity contribution >= 4 is 62.0 Å². The average molecular weight is 510 g/mol. The lowest BCUT2D eigenvalue weighted by molar-refractivity contribution is -0.119. The standard InChI is InChI=1S/C20H18BrClN4O3S/c1-2-9-26-19(29)15-8-7-14(22)10-16(15)23-20(26)30-11-17(27)24-25-18(28)12-3-5-13(21)6-4-12/h3-8,10H,2,9,11H2,1H3,(H,24,27)(H,25,28). The first-order valence-electron chi connectivity index (χ1n) is 9.06. The number of carbonyl (C=O) groups is 2. The maximum absolute atomic E-state index is 12.8. The van der Waals surface area contributed by atoms with Gasteiger partial charge < -0.3 is 0 Å². The van der Waals surface area contributed by atoms with Crippen molar-refractivity contribution in [2.24, 2.45) is 0 Å². The van der Waals surface area contributed by atoms with Crippen molar-refractivity contribution in [2.45, 2.75) is 25.0 Å². The van der Waals surface area contributed by atoms with E-state index in [1.54, 1.807) is 47.0 Å². The first kappa shape index (κ1) is 22.3. The predicted molar refractivity (Wildman–Crippen MR) is 122 cm³/mol. The minimum absolute atomic E-state index is 0.0250. The van der Waals surface area contributed by atoms with E-state index in [9.17, 15) is 14.4 Å². The number of rotatable bonds is 6. The molecular weight excluding hydrogens is 492 g/mol. The lowest BCUT2D eigenvalue weighted by Crippen LogP contribution is -2.42. The fraction of sp³-hybridized carbons (Fsp3) is 0.200. The number of hydrazine groups is 1. The van der Waals surface area contributed by atoms with Crippen LogP contribution in [0.2, 0.25) is 5.02 Å². The molecule has 0 saturated carbocycles. The first-order chi connectivity index (χ1) is 14.4. The molecule has 2 N–H and O–H groups in total. The number of nitrogens with zero attached hydrogens (tertiary/aromatic N) is 2. The second kappa shape index (κ2) is 10.1. The molecule has 156 valence electrons. The van der Waals surface area contributed by atoms with Crippen molar-refractivity contribution in [3.63, 3.8) is 0 Å². The molecule has 0 radical (unpaired) electrons. The molecule has 30 heavy (non-hydrogen) atoms. The van der Waals surface area contributed by atoms with Crippen LogP contribution in [0.5, 0.6) is 0 Å². The third-order valence-corrected chi connectivity index (χ3v) is 5.82. The van der Waals surface area contributed by atoms with E-state index in [1.165, 1.54) is 0 Å². The lowest BCUT2D eigenvalue weighted by atomic mass is 10.2. The van der Waals surface area contributed by atoms with Crippen LogP contribution in [0, 0.1) is 0 Å². The second-order valence-electron chi connectivity index (χ2n) is 6.31. The summed E-state index contributed by atoms with van der Waals surface area (Å²) in [7, 11) is 0. The number of halogens is 2. The van der Waals surface area contributed by atoms with Gasteiger partial charge in [-0.3, -0.25) is 29.8 Å². The van der Waals surface area contributed by atoms with E-state index in [0.29, 0.717) is 33.2 Å². The van der Waals surface area contributed by atoms with Crippen LogP contribution in [0.3, 0.4) is 0 Å². The van der Waals surface area contributed by atoms with Gasteiger partial charge in [-0.05, 0) is 48.9 Å². The molecule has 0 atom stereocenters. The number of benzene rings is 2. The van der Waals surface area contributed by atoms with Gasteiger partial charge in [0.1, 0.15) is 0 Å². The molecule has 0 aliphatic carbocycles. The molecule has 0 fully saturated rings. The monoisotopic (exact) mass is 508 g/mol. The SMILES string of the molecule is CCCn1c(SCC(=O)NNC(=O)c2ccc(Br)cc2)nc2cc(Cl)ccc2c1=O. The summed E-state index contributed by atoms with van der Waals surface area (Å²) in [6.45, 7) is 2.44. The Morgan fingerprint density at radius 1 is 1.17 bits per heavy atom. The first-order valence-corrected chi connectivity index (χ1v) is 11.2. The van der Waals surface area contributed by atoms with Crippen molar-refractivity contribution in [1.29, 1.82) is 0 Å². The molecule has 7 nitrogen and oxygen atoms in total. The number of hydrogen-bond acceptors (Lipinski definition) is 5. The van der Waals surface area contributed by atoms with Crippen LogP contribution in [0.25, 0.3) is 10.9 Å². The van der Waals surface area contributed by atoms with E-state index in [2.05, 4.69) is 31.8 Å². The Kier molecular flexibility index (Phi) is 7.52. The summed E-state index contributed by atoms with van der Waals surface area (Å²) in [4.78, 5) is 41.6. The van der Waals surface area contributed by atoms with Gasteiger partial charge in [0.2, 0.25) is 5.91 Å². The Hall–Kier alpha value is -2.36. The van der Waals surface area contributed by atoms with Gasteiger partial charge in [-0.2, -0.15) is 0 Å². The topological polar surface area (TPSA) is 93.1 Å². The van der Waals surface area contributed by atoms with Gasteiger partial charge in [0.15, 0.2) is 5.16 Å². The number of hydrogen-bond donors (Lipinski definition) is 2. The van der Waals surface area contributed by atoms with E-state index < -0.39 is 11.8 Å². The van der Waals surface area contributed by atoms with Crippen LogP contribution in [0.15, 0.2) is 56.9 Å². The lowest BCUT2D eigenvalue weighted by Gasteiger charge is -2.12. The molecule has 2 amide bonds. The number of nitrogens with one attached hydrogen (secondary N) is 2. The average Bonchev–Trinajstić information content (AvgIpc) is 2.73. The molecule has 1 aromatic heterocycles. The third kappa shape index (κ3) is 5.41. The highest BCUT2D eigenvalue weighted by atomic mass is 79.9. The smallest absolute Gasteiger partial charge is 0.269 e. The molecule has 1 heterocycles. The van der Waals surface area contributed by atoms with Crippen molar-refractivity contribution in [1.82, 2.24) is 20.4 Å². The zero-order valence-corrected chi connectivity index (χ0v) is 19.1. The van der Waals surface area contributed by atoms with Crippen molar-refractivity contribution in [2.75, 3.05) is 5.75 Å². The molecule has 0 aliphatic rings. The summed E-state index contributed by atoms with van der Waals surface area (Å²) in [6, 6.07) is 11.7. The number of amides is 2. The van der Waals surface area contributed by atoms with Crippen molar-refractivity contribution in [3.05, 3.63) is 67.9 Å². The third-order valence-electron chi connectivity index (χ3n) is 4.08. The van der Waals surface area contributed by atoms with Crippen LogP contribution in [0.4, 0.5) is 0 Å². The zero-order valence-electron chi connectivity index (χ0n) is 15.9. The number of thioether (sulfide) groups is 1. The summed E-state index contributed by atoms with van der Waals surface area (Å²) < 4.78 is 2.40. The van der Waals surface area contributed by atoms with Crippen LogP contribution in [-0.2, 0) is 11.3 Å². The highest BCUT2D eigenvalue weighted by Crippen LogP contribution is 2.20. The Labute approximate surface area is 190 Å². The van der Waals surface area contributed by atoms with Crippen LogP contribution >= 0.6 is 39.3 Å². The largest absolute Gasteiger partial charge is 0.287 e. The van der Waals surface area contributed by atoms with Gasteiger partial charge in [-0.15, -0.1) is 0 Å². The second-order valence-corrected chi connectivity index (χ2v) is 8.61. The molecule has 3 aromatic rings. The summed E-state index contributed by atoms with van der Waals surface area (Å²) in [6.07, 6.45) is 0.740. The molecule has 0 unspecified atom stereocenters. The molecule has 0 spiro atoms. The minimum Gasteiger partial charge on any atom is -0.287 e. The van der Waals surface area contributed by atoms with E-state index in [4.69, 9.17) is 11.6 Å². The Bertz CT molecular complexity index is 1150. The summed E-state index contributed by atoms with van der Waals surface area (Å²) in [5.74, 6) is -0.876. The molecule has 3 rings (SSSR count). The Morgan fingerprint density at radius 2 is 1.90 bits per heavy atom. The maximum atomic E-state index is 12.8. The minimum atomic E-state index is -0.429. The van der Waals surface area contributed by atoms with Crippen molar-refractivity contribution in [3.8, 4) is 0 Å². The van der Waals surface area contributed by atoms with E-state index >= 15 is 0 Å². The Balaban J connectivity index is 1.68. The maximum Gasteiger partial charge on any atom is 0.269 e. The van der Waals surface area contributed by atoms with Crippen LogP contribution in [0.1, 0.15) is 23.7 Å². The molecular formula is C20H18BrClN4O3S. The summed E-state index contributed by atoms with van der Waals surface area (Å²) >= 11 is 10.4. The van der Waals surface area contributed by atoms with Gasteiger partial charge in [-0.1, -0.05) is 46.2 Å². The molecule has 0 saturated heterocycles. The molecule has 0 aliphatic heterocycles.